The van der Waals surface area contributed by atoms with Crippen LogP contribution in [0.2, 0.25) is 0 Å². The van der Waals surface area contributed by atoms with Gasteiger partial charge in [-0.2, -0.15) is 0 Å². The predicted octanol–water partition coefficient (Wildman–Crippen LogP) is 2.83. The molecule has 1 N–H and O–H groups in total. The fraction of sp³-hybridized carbons (Fsp3) is 1.00. The summed E-state index contributed by atoms with van der Waals surface area (Å²) >= 11 is 0. The lowest BCUT2D eigenvalue weighted by Crippen LogP contribution is -2.39. The molecule has 0 aromatic rings. The van der Waals surface area contributed by atoms with Crippen molar-refractivity contribution in [2.24, 2.45) is 17.3 Å². The summed E-state index contributed by atoms with van der Waals surface area (Å²) in [5.74, 6) is 2.08. The second-order valence-corrected chi connectivity index (χ2v) is 5.86. The maximum absolute atomic E-state index is 5.10. The van der Waals surface area contributed by atoms with Crippen LogP contribution in [0.4, 0.5) is 0 Å². The molecule has 3 unspecified atom stereocenters. The number of hydrogen-bond acceptors (Lipinski definition) is 2. The fourth-order valence-corrected chi connectivity index (χ4v) is 4.18. The summed E-state index contributed by atoms with van der Waals surface area (Å²) in [7, 11) is 1.78. The third kappa shape index (κ3) is 2.43. The second-order valence-electron chi connectivity index (χ2n) is 5.86. The zero-order valence-corrected chi connectivity index (χ0v) is 10.9. The van der Waals surface area contributed by atoms with Crippen LogP contribution in [0.15, 0.2) is 0 Å². The summed E-state index contributed by atoms with van der Waals surface area (Å²) < 4.78 is 5.10. The highest BCUT2D eigenvalue weighted by Gasteiger charge is 2.49. The molecular formula is C14H27NO. The largest absolute Gasteiger partial charge is 0.383 e. The minimum absolute atomic E-state index is 0.644. The van der Waals surface area contributed by atoms with Crippen LogP contribution in [0.1, 0.15) is 45.4 Å². The highest BCUT2D eigenvalue weighted by atomic mass is 16.5. The molecule has 2 heteroatoms. The average molecular weight is 225 g/mol. The van der Waals surface area contributed by atoms with Crippen molar-refractivity contribution in [1.82, 2.24) is 5.32 Å². The lowest BCUT2D eigenvalue weighted by molar-refractivity contribution is 0.133. The van der Waals surface area contributed by atoms with Crippen molar-refractivity contribution >= 4 is 0 Å². The molecule has 2 bridgehead atoms. The van der Waals surface area contributed by atoms with E-state index in [2.05, 4.69) is 12.2 Å². The first kappa shape index (κ1) is 12.4. The Kier molecular flexibility index (Phi) is 4.26. The van der Waals surface area contributed by atoms with E-state index >= 15 is 0 Å². The van der Waals surface area contributed by atoms with E-state index in [4.69, 9.17) is 4.74 Å². The van der Waals surface area contributed by atoms with Gasteiger partial charge in [-0.3, -0.25) is 0 Å². The van der Waals surface area contributed by atoms with Gasteiger partial charge >= 0.3 is 0 Å². The van der Waals surface area contributed by atoms with Crippen LogP contribution < -0.4 is 5.32 Å². The van der Waals surface area contributed by atoms with E-state index in [1.165, 1.54) is 45.1 Å². The summed E-state index contributed by atoms with van der Waals surface area (Å²) in [6, 6.07) is 0. The minimum atomic E-state index is 0.644. The van der Waals surface area contributed by atoms with Crippen molar-refractivity contribution in [3.8, 4) is 0 Å². The van der Waals surface area contributed by atoms with E-state index in [9.17, 15) is 0 Å². The molecule has 2 nitrogen and oxygen atoms in total. The molecule has 0 amide bonds. The molecule has 0 aliphatic heterocycles. The zero-order valence-electron chi connectivity index (χ0n) is 10.9. The number of fused-ring (bicyclic) bond motifs is 2. The van der Waals surface area contributed by atoms with Gasteiger partial charge in [0, 0.05) is 20.2 Å². The van der Waals surface area contributed by atoms with E-state index in [1.807, 2.05) is 0 Å². The fourth-order valence-electron chi connectivity index (χ4n) is 4.18. The van der Waals surface area contributed by atoms with Crippen molar-refractivity contribution in [3.05, 3.63) is 0 Å². The maximum atomic E-state index is 5.10. The number of ether oxygens (including phenoxy) is 1. The van der Waals surface area contributed by atoms with Crippen molar-refractivity contribution in [3.63, 3.8) is 0 Å². The minimum Gasteiger partial charge on any atom is -0.383 e. The maximum Gasteiger partial charge on any atom is 0.0587 e. The quantitative estimate of drug-likeness (QED) is 0.673. The van der Waals surface area contributed by atoms with Crippen LogP contribution in [0.25, 0.3) is 0 Å². The van der Waals surface area contributed by atoms with Crippen molar-refractivity contribution in [2.75, 3.05) is 26.8 Å². The summed E-state index contributed by atoms with van der Waals surface area (Å²) in [6.45, 7) is 5.42. The van der Waals surface area contributed by atoms with E-state index in [1.54, 1.807) is 7.11 Å². The lowest BCUT2D eigenvalue weighted by atomic mass is 9.70. The zero-order chi connectivity index (χ0) is 11.4. The molecule has 16 heavy (non-hydrogen) atoms. The number of nitrogens with one attached hydrogen (secondary N) is 1. The van der Waals surface area contributed by atoms with Gasteiger partial charge in [-0.25, -0.2) is 0 Å². The SMILES string of the molecule is CCCC1(CNCCOC)CC2CCC1C2. The Morgan fingerprint density at radius 1 is 1.38 bits per heavy atom. The van der Waals surface area contributed by atoms with Gasteiger partial charge in [0.25, 0.3) is 0 Å². The topological polar surface area (TPSA) is 21.3 Å². The van der Waals surface area contributed by atoms with E-state index in [-0.39, 0.29) is 0 Å². The molecule has 2 aliphatic rings. The van der Waals surface area contributed by atoms with Gasteiger partial charge in [-0.15, -0.1) is 0 Å². The first-order valence-corrected chi connectivity index (χ1v) is 7.00. The van der Waals surface area contributed by atoms with Gasteiger partial charge in [0.05, 0.1) is 6.61 Å². The monoisotopic (exact) mass is 225 g/mol. The van der Waals surface area contributed by atoms with Gasteiger partial charge in [0.2, 0.25) is 0 Å². The molecule has 0 radical (unpaired) electrons. The van der Waals surface area contributed by atoms with E-state index in [0.29, 0.717) is 5.41 Å². The van der Waals surface area contributed by atoms with E-state index < -0.39 is 0 Å². The first-order chi connectivity index (χ1) is 7.80. The Labute approximate surface area is 100 Å². The van der Waals surface area contributed by atoms with Crippen molar-refractivity contribution < 1.29 is 4.74 Å². The molecule has 2 fully saturated rings. The van der Waals surface area contributed by atoms with Gasteiger partial charge in [-0.1, -0.05) is 19.8 Å². The molecule has 0 aromatic carbocycles. The van der Waals surface area contributed by atoms with Crippen LogP contribution in [-0.4, -0.2) is 26.8 Å². The summed E-state index contributed by atoms with van der Waals surface area (Å²) in [4.78, 5) is 0. The van der Waals surface area contributed by atoms with Gasteiger partial charge < -0.3 is 10.1 Å². The third-order valence-electron chi connectivity index (χ3n) is 4.81. The molecule has 2 rings (SSSR count). The van der Waals surface area contributed by atoms with Crippen LogP contribution in [0.5, 0.6) is 0 Å². The second kappa shape index (κ2) is 5.50. The highest BCUT2D eigenvalue weighted by molar-refractivity contribution is 5.01. The standard InChI is InChI=1S/C14H27NO/c1-3-6-14(11-15-7-8-16-2)10-12-4-5-13(14)9-12/h12-13,15H,3-11H2,1-2H3. The van der Waals surface area contributed by atoms with E-state index in [0.717, 1.165) is 25.0 Å². The summed E-state index contributed by atoms with van der Waals surface area (Å²) in [6.07, 6.45) is 8.78. The third-order valence-corrected chi connectivity index (χ3v) is 4.81. The molecule has 3 atom stereocenters. The number of rotatable bonds is 7. The Morgan fingerprint density at radius 3 is 2.81 bits per heavy atom. The highest BCUT2D eigenvalue weighted by Crippen LogP contribution is 2.57. The van der Waals surface area contributed by atoms with Gasteiger partial charge in [-0.05, 0) is 42.9 Å². The first-order valence-electron chi connectivity index (χ1n) is 7.00. The summed E-state index contributed by atoms with van der Waals surface area (Å²) in [5.41, 5.74) is 0.644. The molecule has 2 saturated carbocycles. The summed E-state index contributed by atoms with van der Waals surface area (Å²) in [5, 5.41) is 3.61. The molecule has 94 valence electrons. The molecule has 0 heterocycles. The average Bonchev–Trinajstić information content (AvgIpc) is 2.85. The predicted molar refractivity (Wildman–Crippen MR) is 67.5 cm³/mol. The molecule has 0 spiro atoms. The Balaban J connectivity index is 1.84. The van der Waals surface area contributed by atoms with Crippen LogP contribution in [-0.2, 0) is 4.74 Å². The number of hydrogen-bond donors (Lipinski definition) is 1. The Bertz CT molecular complexity index is 219. The normalized spacial score (nSPS) is 37.1. The lowest BCUT2D eigenvalue weighted by Gasteiger charge is -2.38. The van der Waals surface area contributed by atoms with Crippen molar-refractivity contribution in [2.45, 2.75) is 45.4 Å². The van der Waals surface area contributed by atoms with Gasteiger partial charge in [0.15, 0.2) is 0 Å². The Hall–Kier alpha value is -0.0800. The van der Waals surface area contributed by atoms with Crippen LogP contribution in [0.3, 0.4) is 0 Å². The smallest absolute Gasteiger partial charge is 0.0587 e. The Morgan fingerprint density at radius 2 is 2.25 bits per heavy atom. The van der Waals surface area contributed by atoms with Crippen LogP contribution >= 0.6 is 0 Å². The van der Waals surface area contributed by atoms with Gasteiger partial charge in [0.1, 0.15) is 0 Å². The molecule has 0 saturated heterocycles. The van der Waals surface area contributed by atoms with Crippen LogP contribution in [0, 0.1) is 17.3 Å². The van der Waals surface area contributed by atoms with Crippen molar-refractivity contribution in [1.29, 1.82) is 0 Å². The number of methoxy groups -OCH3 is 1. The molecule has 0 aromatic heterocycles. The molecule has 2 aliphatic carbocycles. The molecular weight excluding hydrogens is 198 g/mol.